The summed E-state index contributed by atoms with van der Waals surface area (Å²) in [7, 11) is 0. The molecule has 0 fully saturated rings. The Kier molecular flexibility index (Phi) is 15.0. The van der Waals surface area contributed by atoms with Crippen molar-refractivity contribution in [2.45, 2.75) is 105 Å². The Bertz CT molecular complexity index is 416. The van der Waals surface area contributed by atoms with Gasteiger partial charge in [0.2, 0.25) is 6.29 Å². The lowest BCUT2D eigenvalue weighted by Crippen LogP contribution is -2.41. The number of aliphatic carboxylic acids is 1. The summed E-state index contributed by atoms with van der Waals surface area (Å²) in [6, 6.07) is 0. The van der Waals surface area contributed by atoms with Gasteiger partial charge in [-0.05, 0) is 39.5 Å². The number of carboxylic acid groups (broad SMARTS) is 1. The number of hydrogen-bond donors (Lipinski definition) is 1. The molecule has 0 saturated heterocycles. The molecule has 0 bridgehead atoms. The number of ether oxygens (including phenoxy) is 5. The quantitative estimate of drug-likeness (QED) is 0.205. The second-order valence-corrected chi connectivity index (χ2v) is 6.75. The molecule has 0 amide bonds. The molecule has 0 rings (SSSR count). The Morgan fingerprint density at radius 3 is 1.93 bits per heavy atom. The van der Waals surface area contributed by atoms with E-state index < -0.39 is 30.5 Å². The molecule has 0 spiro atoms. The first-order chi connectivity index (χ1) is 13.2. The highest BCUT2D eigenvalue weighted by Gasteiger charge is 2.31. The van der Waals surface area contributed by atoms with E-state index in [1.807, 2.05) is 0 Å². The molecule has 0 aliphatic carbocycles. The zero-order valence-electron chi connectivity index (χ0n) is 18.0. The van der Waals surface area contributed by atoms with Crippen LogP contribution in [0.1, 0.15) is 86.0 Å². The lowest BCUT2D eigenvalue weighted by Gasteiger charge is -2.33. The van der Waals surface area contributed by atoms with Crippen LogP contribution < -0.4 is 0 Å². The van der Waals surface area contributed by atoms with Gasteiger partial charge in [0.1, 0.15) is 0 Å². The number of hydrogen-bond acceptors (Lipinski definition) is 7. The molecule has 0 aromatic carbocycles. The predicted molar refractivity (Wildman–Crippen MR) is 103 cm³/mol. The summed E-state index contributed by atoms with van der Waals surface area (Å²) >= 11 is 0. The van der Waals surface area contributed by atoms with Gasteiger partial charge in [0.15, 0.2) is 6.29 Å². The molecule has 8 nitrogen and oxygen atoms in total. The van der Waals surface area contributed by atoms with Crippen molar-refractivity contribution >= 4 is 11.9 Å². The summed E-state index contributed by atoms with van der Waals surface area (Å²) < 4.78 is 28.0. The minimum absolute atomic E-state index is 0.0405. The van der Waals surface area contributed by atoms with Crippen molar-refractivity contribution in [2.75, 3.05) is 13.2 Å². The van der Waals surface area contributed by atoms with Crippen LogP contribution in [-0.4, -0.2) is 48.8 Å². The highest BCUT2D eigenvalue weighted by atomic mass is 16.9. The van der Waals surface area contributed by atoms with Crippen molar-refractivity contribution in [3.05, 3.63) is 0 Å². The maximum absolute atomic E-state index is 11.8. The fourth-order valence-electron chi connectivity index (χ4n) is 2.33. The maximum atomic E-state index is 11.8. The van der Waals surface area contributed by atoms with Crippen molar-refractivity contribution in [1.29, 1.82) is 0 Å². The SMILES string of the molecule is CCCCOC(C)(OCCCC)OC(C)OC(C)OC(=O)CCCCC(=O)O. The van der Waals surface area contributed by atoms with Crippen LogP contribution in [0.5, 0.6) is 0 Å². The minimum Gasteiger partial charge on any atom is -0.481 e. The largest absolute Gasteiger partial charge is 0.481 e. The van der Waals surface area contributed by atoms with Gasteiger partial charge in [-0.15, -0.1) is 0 Å². The van der Waals surface area contributed by atoms with Crippen molar-refractivity contribution in [1.82, 2.24) is 0 Å². The Morgan fingerprint density at radius 2 is 1.43 bits per heavy atom. The molecule has 0 heterocycles. The molecule has 2 atom stereocenters. The van der Waals surface area contributed by atoms with E-state index in [4.69, 9.17) is 28.8 Å². The van der Waals surface area contributed by atoms with E-state index in [0.717, 1.165) is 25.7 Å². The van der Waals surface area contributed by atoms with Crippen LogP contribution in [0.15, 0.2) is 0 Å². The lowest BCUT2D eigenvalue weighted by atomic mass is 10.2. The molecule has 0 aromatic heterocycles. The van der Waals surface area contributed by atoms with Crippen LogP contribution in [0, 0.1) is 0 Å². The predicted octanol–water partition coefficient (Wildman–Crippen LogP) is 4.21. The van der Waals surface area contributed by atoms with Crippen LogP contribution in [0.25, 0.3) is 0 Å². The molecule has 2 unspecified atom stereocenters. The Hall–Kier alpha value is -1.22. The van der Waals surface area contributed by atoms with Gasteiger partial charge in [-0.2, -0.15) is 0 Å². The summed E-state index contributed by atoms with van der Waals surface area (Å²) in [5.41, 5.74) is 0. The van der Waals surface area contributed by atoms with Crippen LogP contribution in [0.3, 0.4) is 0 Å². The summed E-state index contributed by atoms with van der Waals surface area (Å²) in [5, 5.41) is 8.58. The van der Waals surface area contributed by atoms with E-state index in [1.165, 1.54) is 0 Å². The van der Waals surface area contributed by atoms with E-state index >= 15 is 0 Å². The molecule has 0 aliphatic heterocycles. The van der Waals surface area contributed by atoms with Crippen LogP contribution in [0.2, 0.25) is 0 Å². The molecule has 1 N–H and O–H groups in total. The average Bonchev–Trinajstić information content (AvgIpc) is 2.58. The number of rotatable bonds is 18. The first kappa shape index (κ1) is 26.8. The molecule has 0 radical (unpaired) electrons. The van der Waals surface area contributed by atoms with Gasteiger partial charge >= 0.3 is 11.9 Å². The third-order valence-corrected chi connectivity index (χ3v) is 3.81. The monoisotopic (exact) mass is 406 g/mol. The highest BCUT2D eigenvalue weighted by Crippen LogP contribution is 2.20. The van der Waals surface area contributed by atoms with Gasteiger partial charge in [0.05, 0.1) is 13.2 Å². The second kappa shape index (κ2) is 15.7. The van der Waals surface area contributed by atoms with Gasteiger partial charge < -0.3 is 24.1 Å². The highest BCUT2D eigenvalue weighted by molar-refractivity contribution is 5.69. The van der Waals surface area contributed by atoms with Crippen molar-refractivity contribution in [3.8, 4) is 0 Å². The zero-order chi connectivity index (χ0) is 21.4. The second-order valence-electron chi connectivity index (χ2n) is 6.75. The zero-order valence-corrected chi connectivity index (χ0v) is 18.0. The fraction of sp³-hybridized carbons (Fsp3) is 0.900. The molecule has 0 aliphatic rings. The number of carbonyl (C=O) groups excluding carboxylic acids is 1. The number of unbranched alkanes of at least 4 members (excludes halogenated alkanes) is 3. The fourth-order valence-corrected chi connectivity index (χ4v) is 2.33. The van der Waals surface area contributed by atoms with Gasteiger partial charge in [-0.25, -0.2) is 0 Å². The average molecular weight is 407 g/mol. The van der Waals surface area contributed by atoms with Gasteiger partial charge in [0.25, 0.3) is 5.97 Å². The van der Waals surface area contributed by atoms with E-state index in [2.05, 4.69) is 13.8 Å². The number of esters is 1. The Balaban J connectivity index is 4.34. The van der Waals surface area contributed by atoms with Crippen LogP contribution in [0.4, 0.5) is 0 Å². The molecular weight excluding hydrogens is 368 g/mol. The number of carboxylic acids is 1. The molecule has 0 saturated carbocycles. The maximum Gasteiger partial charge on any atom is 0.308 e. The van der Waals surface area contributed by atoms with Crippen molar-refractivity contribution in [3.63, 3.8) is 0 Å². The normalized spacial score (nSPS) is 13.9. The van der Waals surface area contributed by atoms with E-state index in [-0.39, 0.29) is 12.8 Å². The molecule has 166 valence electrons. The molecular formula is C20H38O8. The first-order valence-corrected chi connectivity index (χ1v) is 10.2. The third kappa shape index (κ3) is 14.8. The topological polar surface area (TPSA) is 101 Å². The first-order valence-electron chi connectivity index (χ1n) is 10.2. The Morgan fingerprint density at radius 1 is 0.893 bits per heavy atom. The molecule has 8 heteroatoms. The van der Waals surface area contributed by atoms with E-state index in [0.29, 0.717) is 26.1 Å². The van der Waals surface area contributed by atoms with E-state index in [1.54, 1.807) is 20.8 Å². The van der Waals surface area contributed by atoms with Crippen molar-refractivity contribution < 1.29 is 38.4 Å². The smallest absolute Gasteiger partial charge is 0.308 e. The standard InChI is InChI=1S/C20H38O8/c1-6-8-14-24-20(5,25-15-9-7-2)28-17(4)26-16(3)27-19(23)13-11-10-12-18(21)22/h16-17H,6-15H2,1-5H3,(H,21,22). The molecule has 0 aromatic rings. The summed E-state index contributed by atoms with van der Waals surface area (Å²) in [4.78, 5) is 22.2. The summed E-state index contributed by atoms with van der Waals surface area (Å²) in [6.45, 7) is 10.1. The summed E-state index contributed by atoms with van der Waals surface area (Å²) in [6.07, 6.45) is 3.32. The van der Waals surface area contributed by atoms with Gasteiger partial charge in [-0.3, -0.25) is 14.3 Å². The van der Waals surface area contributed by atoms with Crippen LogP contribution in [-0.2, 0) is 33.3 Å². The minimum atomic E-state index is -1.23. The van der Waals surface area contributed by atoms with E-state index in [9.17, 15) is 9.59 Å². The Labute approximate surface area is 168 Å². The van der Waals surface area contributed by atoms with Gasteiger partial charge in [0, 0.05) is 19.8 Å². The summed E-state index contributed by atoms with van der Waals surface area (Å²) in [5.74, 6) is -2.54. The lowest BCUT2D eigenvalue weighted by molar-refractivity contribution is -0.415. The number of carbonyl (C=O) groups is 2. The van der Waals surface area contributed by atoms with Gasteiger partial charge in [-0.1, -0.05) is 26.7 Å². The van der Waals surface area contributed by atoms with Crippen molar-refractivity contribution in [2.24, 2.45) is 0 Å². The third-order valence-electron chi connectivity index (χ3n) is 3.81. The van der Waals surface area contributed by atoms with Crippen LogP contribution >= 0.6 is 0 Å². The molecule has 28 heavy (non-hydrogen) atoms.